The Kier molecular flexibility index (Phi) is 5.96. The molecule has 0 saturated heterocycles. The van der Waals surface area contributed by atoms with Crippen LogP contribution in [0.1, 0.15) is 22.3 Å². The van der Waals surface area contributed by atoms with Crippen LogP contribution in [0.5, 0.6) is 11.5 Å². The lowest BCUT2D eigenvalue weighted by atomic mass is 10.2. The number of carbonyl (C=O) groups is 2. The van der Waals surface area contributed by atoms with Gasteiger partial charge in [0.1, 0.15) is 13.2 Å². The lowest BCUT2D eigenvalue weighted by Gasteiger charge is -2.19. The van der Waals surface area contributed by atoms with E-state index in [-0.39, 0.29) is 24.8 Å². The first-order valence-corrected chi connectivity index (χ1v) is 8.68. The highest BCUT2D eigenvalue weighted by molar-refractivity contribution is 6.30. The molecule has 1 aliphatic heterocycles. The number of carbonyl (C=O) groups excluding carboxylic acids is 2. The smallest absolute Gasteiger partial charge is 0.251 e. The molecule has 2 aromatic rings. The molecule has 0 aliphatic carbocycles. The number of halogens is 1. The summed E-state index contributed by atoms with van der Waals surface area (Å²) in [6, 6.07) is 12.2. The second-order valence-corrected chi connectivity index (χ2v) is 6.20. The lowest BCUT2D eigenvalue weighted by molar-refractivity contribution is -0.121. The van der Waals surface area contributed by atoms with Gasteiger partial charge in [-0.15, -0.1) is 0 Å². The molecular formula is C19H19ClN2O4. The van der Waals surface area contributed by atoms with E-state index in [0.29, 0.717) is 36.1 Å². The molecule has 2 amide bonds. The SMILES string of the molecule is O=C(CCNC(=O)c1ccc(Cl)cc1)NCc1ccc2c(c1)OCCO2. The molecule has 0 saturated carbocycles. The monoisotopic (exact) mass is 374 g/mol. The van der Waals surface area contributed by atoms with E-state index in [1.54, 1.807) is 24.3 Å². The summed E-state index contributed by atoms with van der Waals surface area (Å²) in [6.07, 6.45) is 0.198. The van der Waals surface area contributed by atoms with Gasteiger partial charge in [-0.25, -0.2) is 0 Å². The average molecular weight is 375 g/mol. The van der Waals surface area contributed by atoms with E-state index in [4.69, 9.17) is 21.1 Å². The van der Waals surface area contributed by atoms with Gasteiger partial charge in [0.15, 0.2) is 11.5 Å². The molecule has 0 radical (unpaired) electrons. The Bertz CT molecular complexity index is 793. The predicted molar refractivity (Wildman–Crippen MR) is 97.7 cm³/mol. The van der Waals surface area contributed by atoms with Gasteiger partial charge in [-0.05, 0) is 42.0 Å². The molecule has 0 atom stereocenters. The molecular weight excluding hydrogens is 356 g/mol. The van der Waals surface area contributed by atoms with Gasteiger partial charge in [0.25, 0.3) is 5.91 Å². The average Bonchev–Trinajstić information content (AvgIpc) is 2.66. The van der Waals surface area contributed by atoms with Crippen LogP contribution in [0.2, 0.25) is 5.02 Å². The van der Waals surface area contributed by atoms with Crippen LogP contribution in [0, 0.1) is 0 Å². The van der Waals surface area contributed by atoms with Gasteiger partial charge in [0.05, 0.1) is 0 Å². The molecule has 0 fully saturated rings. The van der Waals surface area contributed by atoms with E-state index in [1.807, 2.05) is 18.2 Å². The van der Waals surface area contributed by atoms with Crippen molar-refractivity contribution in [3.8, 4) is 11.5 Å². The number of hydrogen-bond donors (Lipinski definition) is 2. The van der Waals surface area contributed by atoms with Crippen molar-refractivity contribution in [2.45, 2.75) is 13.0 Å². The van der Waals surface area contributed by atoms with Crippen molar-refractivity contribution < 1.29 is 19.1 Å². The van der Waals surface area contributed by atoms with Gasteiger partial charge < -0.3 is 20.1 Å². The second-order valence-electron chi connectivity index (χ2n) is 5.77. The molecule has 1 aliphatic rings. The highest BCUT2D eigenvalue weighted by Gasteiger charge is 2.12. The highest BCUT2D eigenvalue weighted by Crippen LogP contribution is 2.30. The molecule has 26 heavy (non-hydrogen) atoms. The maximum atomic E-state index is 11.9. The number of fused-ring (bicyclic) bond motifs is 1. The molecule has 1 heterocycles. The van der Waals surface area contributed by atoms with Crippen molar-refractivity contribution in [2.24, 2.45) is 0 Å². The Hall–Kier alpha value is -2.73. The standard InChI is InChI=1S/C19H19ClN2O4/c20-15-4-2-14(3-5-15)19(24)21-8-7-18(23)22-12-13-1-6-16-17(11-13)26-10-9-25-16/h1-6,11H,7-10,12H2,(H,21,24)(H,22,23). The highest BCUT2D eigenvalue weighted by atomic mass is 35.5. The van der Waals surface area contributed by atoms with Crippen molar-refractivity contribution in [2.75, 3.05) is 19.8 Å². The van der Waals surface area contributed by atoms with Crippen LogP contribution in [0.4, 0.5) is 0 Å². The molecule has 0 bridgehead atoms. The lowest BCUT2D eigenvalue weighted by Crippen LogP contribution is -2.30. The van der Waals surface area contributed by atoms with Crippen LogP contribution >= 0.6 is 11.6 Å². The summed E-state index contributed by atoms with van der Waals surface area (Å²) in [5.74, 6) is 1.03. The van der Waals surface area contributed by atoms with Crippen LogP contribution in [-0.4, -0.2) is 31.6 Å². The zero-order valence-electron chi connectivity index (χ0n) is 14.1. The van der Waals surface area contributed by atoms with Crippen molar-refractivity contribution in [3.05, 3.63) is 58.6 Å². The third kappa shape index (κ3) is 4.89. The van der Waals surface area contributed by atoms with Gasteiger partial charge in [0.2, 0.25) is 5.91 Å². The number of benzene rings is 2. The normalized spacial score (nSPS) is 12.3. The van der Waals surface area contributed by atoms with Crippen molar-refractivity contribution in [3.63, 3.8) is 0 Å². The van der Waals surface area contributed by atoms with E-state index < -0.39 is 0 Å². The number of nitrogens with one attached hydrogen (secondary N) is 2. The number of amides is 2. The van der Waals surface area contributed by atoms with Crippen LogP contribution in [0.3, 0.4) is 0 Å². The maximum Gasteiger partial charge on any atom is 0.251 e. The van der Waals surface area contributed by atoms with Gasteiger partial charge >= 0.3 is 0 Å². The molecule has 0 unspecified atom stereocenters. The molecule has 0 spiro atoms. The summed E-state index contributed by atoms with van der Waals surface area (Å²) in [4.78, 5) is 23.9. The maximum absolute atomic E-state index is 11.9. The Morgan fingerprint density at radius 2 is 1.69 bits per heavy atom. The third-order valence-corrected chi connectivity index (χ3v) is 4.09. The summed E-state index contributed by atoms with van der Waals surface area (Å²) < 4.78 is 11.0. The molecule has 6 nitrogen and oxygen atoms in total. The topological polar surface area (TPSA) is 76.7 Å². The molecule has 2 aromatic carbocycles. The summed E-state index contributed by atoms with van der Waals surface area (Å²) in [5, 5.41) is 6.10. The van der Waals surface area contributed by atoms with E-state index in [9.17, 15) is 9.59 Å². The zero-order valence-corrected chi connectivity index (χ0v) is 14.8. The number of hydrogen-bond acceptors (Lipinski definition) is 4. The van der Waals surface area contributed by atoms with E-state index in [1.165, 1.54) is 0 Å². The number of rotatable bonds is 6. The van der Waals surface area contributed by atoms with Crippen LogP contribution in [0.25, 0.3) is 0 Å². The van der Waals surface area contributed by atoms with Crippen LogP contribution in [0.15, 0.2) is 42.5 Å². The molecule has 7 heteroatoms. The summed E-state index contributed by atoms with van der Waals surface area (Å²) in [7, 11) is 0. The third-order valence-electron chi connectivity index (χ3n) is 3.84. The Morgan fingerprint density at radius 1 is 0.962 bits per heavy atom. The van der Waals surface area contributed by atoms with E-state index >= 15 is 0 Å². The fourth-order valence-corrected chi connectivity index (χ4v) is 2.61. The van der Waals surface area contributed by atoms with Crippen molar-refractivity contribution in [1.82, 2.24) is 10.6 Å². The van der Waals surface area contributed by atoms with Crippen LogP contribution in [-0.2, 0) is 11.3 Å². The first-order chi connectivity index (χ1) is 12.6. The van der Waals surface area contributed by atoms with E-state index in [2.05, 4.69) is 10.6 Å². The fraction of sp³-hybridized carbons (Fsp3) is 0.263. The largest absolute Gasteiger partial charge is 0.486 e. The minimum Gasteiger partial charge on any atom is -0.486 e. The molecule has 0 aromatic heterocycles. The van der Waals surface area contributed by atoms with Gasteiger partial charge in [-0.3, -0.25) is 9.59 Å². The Balaban J connectivity index is 1.40. The first kappa shape index (κ1) is 18.1. The Morgan fingerprint density at radius 3 is 2.46 bits per heavy atom. The number of ether oxygens (including phenoxy) is 2. The molecule has 136 valence electrons. The van der Waals surface area contributed by atoms with Crippen molar-refractivity contribution in [1.29, 1.82) is 0 Å². The molecule has 3 rings (SSSR count). The Labute approximate surface area is 156 Å². The summed E-state index contributed by atoms with van der Waals surface area (Å²) in [5.41, 5.74) is 1.43. The zero-order chi connectivity index (χ0) is 18.4. The minimum absolute atomic E-state index is 0.142. The predicted octanol–water partition coefficient (Wildman–Crippen LogP) is 2.55. The van der Waals surface area contributed by atoms with Gasteiger partial charge in [-0.1, -0.05) is 17.7 Å². The quantitative estimate of drug-likeness (QED) is 0.814. The van der Waals surface area contributed by atoms with Gasteiger partial charge in [0, 0.05) is 30.1 Å². The molecule has 2 N–H and O–H groups in total. The minimum atomic E-state index is -0.235. The second kappa shape index (κ2) is 8.58. The summed E-state index contributed by atoms with van der Waals surface area (Å²) >= 11 is 5.79. The van der Waals surface area contributed by atoms with Gasteiger partial charge in [-0.2, -0.15) is 0 Å². The van der Waals surface area contributed by atoms with Crippen LogP contribution < -0.4 is 20.1 Å². The summed E-state index contributed by atoms with van der Waals surface area (Å²) in [6.45, 7) is 1.72. The fourth-order valence-electron chi connectivity index (χ4n) is 2.48. The van der Waals surface area contributed by atoms with E-state index in [0.717, 1.165) is 11.3 Å². The first-order valence-electron chi connectivity index (χ1n) is 8.31. The van der Waals surface area contributed by atoms with Crippen molar-refractivity contribution >= 4 is 23.4 Å².